The van der Waals surface area contributed by atoms with Gasteiger partial charge in [0.25, 0.3) is 0 Å². The van der Waals surface area contributed by atoms with Crippen LogP contribution in [0.3, 0.4) is 0 Å². The van der Waals surface area contributed by atoms with Gasteiger partial charge in [0.1, 0.15) is 5.82 Å². The Hall–Kier alpha value is -5.52. The molecule has 0 fully saturated rings. The average Bonchev–Trinajstić information content (AvgIpc) is 3.42. The van der Waals surface area contributed by atoms with Gasteiger partial charge in [-0.1, -0.05) is 109 Å². The lowest BCUT2D eigenvalue weighted by Gasteiger charge is -2.21. The van der Waals surface area contributed by atoms with E-state index in [1.54, 1.807) is 12.1 Å². The van der Waals surface area contributed by atoms with Gasteiger partial charge in [-0.2, -0.15) is 0 Å². The van der Waals surface area contributed by atoms with Gasteiger partial charge >= 0.3 is 0 Å². The zero-order valence-electron chi connectivity index (χ0n) is 24.4. The first kappa shape index (κ1) is 25.9. The third kappa shape index (κ3) is 3.71. The molecule has 0 atom stereocenters. The van der Waals surface area contributed by atoms with E-state index in [0.717, 1.165) is 22.5 Å². The van der Waals surface area contributed by atoms with Crippen LogP contribution in [0, 0.1) is 6.92 Å². The van der Waals surface area contributed by atoms with E-state index < -0.39 is 9.84 Å². The summed E-state index contributed by atoms with van der Waals surface area (Å²) < 4.78 is 29.9. The van der Waals surface area contributed by atoms with Crippen LogP contribution < -0.4 is 0 Å². The minimum absolute atomic E-state index is 0.301. The van der Waals surface area contributed by atoms with Crippen LogP contribution in [0.4, 0.5) is 0 Å². The van der Waals surface area contributed by atoms with Crippen LogP contribution in [-0.4, -0.2) is 18.0 Å². The Labute approximate surface area is 260 Å². The molecule has 1 aromatic heterocycles. The molecule has 45 heavy (non-hydrogen) atoms. The Morgan fingerprint density at radius 3 is 1.76 bits per heavy atom. The van der Waals surface area contributed by atoms with Crippen LogP contribution >= 0.6 is 0 Å². The van der Waals surface area contributed by atoms with Gasteiger partial charge in [-0.15, -0.1) is 0 Å². The van der Waals surface area contributed by atoms with Crippen molar-refractivity contribution in [1.29, 1.82) is 0 Å². The Balaban J connectivity index is 1.26. The summed E-state index contributed by atoms with van der Waals surface area (Å²) in [5.74, 6) is 0.765. The van der Waals surface area contributed by atoms with Crippen LogP contribution in [0.15, 0.2) is 149 Å². The SMILES string of the molecule is Cc1nc2cccc3c2n1-c1ccc(-c2cccc(-c4c5ccccc5c(-c5ccccc5)c5ccccc45)c2)cc1S3(=O)=O. The molecule has 7 aromatic carbocycles. The number of nitrogens with zero attached hydrogens (tertiary/aromatic N) is 2. The number of hydrogen-bond donors (Lipinski definition) is 0. The molecule has 1 aliphatic rings. The number of hydrogen-bond acceptors (Lipinski definition) is 3. The zero-order valence-corrected chi connectivity index (χ0v) is 25.2. The molecule has 9 rings (SSSR count). The molecule has 2 heterocycles. The third-order valence-corrected chi connectivity index (χ3v) is 10.9. The van der Waals surface area contributed by atoms with Crippen molar-refractivity contribution in [2.75, 3.05) is 0 Å². The minimum atomic E-state index is -3.74. The summed E-state index contributed by atoms with van der Waals surface area (Å²) in [7, 11) is -3.74. The molecule has 214 valence electrons. The largest absolute Gasteiger partial charge is 0.294 e. The quantitative estimate of drug-likeness (QED) is 0.190. The fourth-order valence-electron chi connectivity index (χ4n) is 7.15. The van der Waals surface area contributed by atoms with E-state index in [0.29, 0.717) is 26.5 Å². The van der Waals surface area contributed by atoms with Crippen molar-refractivity contribution >= 4 is 42.4 Å². The van der Waals surface area contributed by atoms with Crippen molar-refractivity contribution in [1.82, 2.24) is 9.55 Å². The maximum atomic E-state index is 14.0. The predicted molar refractivity (Wildman–Crippen MR) is 183 cm³/mol. The van der Waals surface area contributed by atoms with Crippen molar-refractivity contribution in [3.63, 3.8) is 0 Å². The number of para-hydroxylation sites is 1. The number of rotatable bonds is 3. The highest BCUT2D eigenvalue weighted by atomic mass is 32.2. The molecule has 4 nitrogen and oxygen atoms in total. The van der Waals surface area contributed by atoms with E-state index in [1.807, 2.05) is 35.8 Å². The fourth-order valence-corrected chi connectivity index (χ4v) is 8.81. The van der Waals surface area contributed by atoms with E-state index in [2.05, 4.69) is 108 Å². The van der Waals surface area contributed by atoms with E-state index >= 15 is 0 Å². The Bertz CT molecular complexity index is 2560. The summed E-state index contributed by atoms with van der Waals surface area (Å²) in [5, 5.41) is 4.75. The van der Waals surface area contributed by atoms with E-state index in [1.165, 1.54) is 38.2 Å². The topological polar surface area (TPSA) is 52.0 Å². The molecule has 0 spiro atoms. The monoisotopic (exact) mass is 598 g/mol. The summed E-state index contributed by atoms with van der Waals surface area (Å²) in [5.41, 5.74) is 8.44. The number of aromatic nitrogens is 2. The molecule has 8 aromatic rings. The first-order valence-corrected chi connectivity index (χ1v) is 16.5. The van der Waals surface area contributed by atoms with Gasteiger partial charge in [-0.3, -0.25) is 4.57 Å². The summed E-state index contributed by atoms with van der Waals surface area (Å²) in [6.45, 7) is 1.92. The number of sulfone groups is 1. The summed E-state index contributed by atoms with van der Waals surface area (Å²) in [6, 6.07) is 47.3. The summed E-state index contributed by atoms with van der Waals surface area (Å²) in [6.07, 6.45) is 0. The summed E-state index contributed by atoms with van der Waals surface area (Å²) in [4.78, 5) is 5.25. The number of imidazole rings is 1. The normalized spacial score (nSPS) is 13.4. The molecule has 0 radical (unpaired) electrons. The standard InChI is InChI=1S/C40H26N2O2S/c1-25-41-34-19-10-20-36-40(34)42(25)35-22-21-28(24-37(35)45(36,43)44)27-13-9-14-29(23-27)39-32-17-7-5-15-30(32)38(26-11-3-2-4-12-26)31-16-6-8-18-33(31)39/h2-24H,1H3. The van der Waals surface area contributed by atoms with Crippen molar-refractivity contribution in [3.05, 3.63) is 145 Å². The van der Waals surface area contributed by atoms with E-state index in [-0.39, 0.29) is 0 Å². The predicted octanol–water partition coefficient (Wildman–Crippen LogP) is 9.79. The molecule has 0 amide bonds. The Kier molecular flexibility index (Phi) is 5.47. The number of benzene rings is 7. The molecule has 0 N–H and O–H groups in total. The molecule has 0 bridgehead atoms. The van der Waals surface area contributed by atoms with Crippen LogP contribution in [0.5, 0.6) is 0 Å². The molecule has 5 heteroatoms. The lowest BCUT2D eigenvalue weighted by molar-refractivity contribution is 0.594. The van der Waals surface area contributed by atoms with Crippen LogP contribution in [-0.2, 0) is 9.84 Å². The van der Waals surface area contributed by atoms with Crippen LogP contribution in [0.1, 0.15) is 5.82 Å². The smallest absolute Gasteiger partial charge is 0.210 e. The molecular weight excluding hydrogens is 573 g/mol. The second-order valence-corrected chi connectivity index (χ2v) is 13.5. The molecular formula is C40H26N2O2S. The van der Waals surface area contributed by atoms with Crippen molar-refractivity contribution in [2.24, 2.45) is 0 Å². The Morgan fingerprint density at radius 1 is 0.511 bits per heavy atom. The lowest BCUT2D eigenvalue weighted by atomic mass is 9.85. The van der Waals surface area contributed by atoms with Crippen molar-refractivity contribution < 1.29 is 8.42 Å². The number of aryl methyl sites for hydroxylation is 1. The highest BCUT2D eigenvalue weighted by Gasteiger charge is 2.33. The van der Waals surface area contributed by atoms with Gasteiger partial charge in [-0.25, -0.2) is 13.4 Å². The molecule has 1 aliphatic heterocycles. The highest BCUT2D eigenvalue weighted by molar-refractivity contribution is 7.92. The maximum absolute atomic E-state index is 14.0. The molecule has 0 unspecified atom stereocenters. The van der Waals surface area contributed by atoms with Gasteiger partial charge in [0.05, 0.1) is 26.5 Å². The highest BCUT2D eigenvalue weighted by Crippen LogP contribution is 2.45. The first-order chi connectivity index (χ1) is 22.0. The second kappa shape index (κ2) is 9.49. The fraction of sp³-hybridized carbons (Fsp3) is 0.0250. The second-order valence-electron chi connectivity index (χ2n) is 11.6. The molecule has 0 saturated heterocycles. The van der Waals surface area contributed by atoms with Crippen LogP contribution in [0.2, 0.25) is 0 Å². The minimum Gasteiger partial charge on any atom is -0.294 e. The Morgan fingerprint density at radius 2 is 1.07 bits per heavy atom. The number of fused-ring (bicyclic) bond motifs is 4. The third-order valence-electron chi connectivity index (χ3n) is 9.07. The van der Waals surface area contributed by atoms with Gasteiger partial charge in [0, 0.05) is 0 Å². The lowest BCUT2D eigenvalue weighted by Crippen LogP contribution is -2.15. The van der Waals surface area contributed by atoms with E-state index in [9.17, 15) is 8.42 Å². The van der Waals surface area contributed by atoms with E-state index in [4.69, 9.17) is 0 Å². The van der Waals surface area contributed by atoms with Gasteiger partial charge in [0.15, 0.2) is 0 Å². The molecule has 0 aliphatic carbocycles. The van der Waals surface area contributed by atoms with Gasteiger partial charge in [-0.05, 0) is 92.2 Å². The maximum Gasteiger partial charge on any atom is 0.210 e. The van der Waals surface area contributed by atoms with Gasteiger partial charge in [0.2, 0.25) is 9.84 Å². The average molecular weight is 599 g/mol. The molecule has 0 saturated carbocycles. The van der Waals surface area contributed by atoms with Crippen molar-refractivity contribution in [3.8, 4) is 39.1 Å². The van der Waals surface area contributed by atoms with Crippen molar-refractivity contribution in [2.45, 2.75) is 16.7 Å². The van der Waals surface area contributed by atoms with Gasteiger partial charge < -0.3 is 0 Å². The first-order valence-electron chi connectivity index (χ1n) is 15.0. The van der Waals surface area contributed by atoms with Crippen LogP contribution in [0.25, 0.3) is 71.6 Å². The zero-order chi connectivity index (χ0) is 30.3. The summed E-state index contributed by atoms with van der Waals surface area (Å²) >= 11 is 0.